The van der Waals surface area contributed by atoms with Crippen molar-refractivity contribution in [2.75, 3.05) is 13.2 Å². The summed E-state index contributed by atoms with van der Waals surface area (Å²) in [5, 5.41) is -0.485. The number of nitrogens with zero attached hydrogens (tertiary/aromatic N) is 1. The molecule has 2 heterocycles. The molecule has 1 N–H and O–H groups in total. The van der Waals surface area contributed by atoms with Crippen molar-refractivity contribution in [2.24, 2.45) is 0 Å². The van der Waals surface area contributed by atoms with Crippen LogP contribution in [0.15, 0.2) is 42.6 Å². The largest absolute Gasteiger partial charge is 0.379 e. The molecule has 7 heteroatoms. The van der Waals surface area contributed by atoms with Crippen molar-refractivity contribution >= 4 is 10.0 Å². The zero-order valence-electron chi connectivity index (χ0n) is 14.1. The summed E-state index contributed by atoms with van der Waals surface area (Å²) in [7, 11) is -3.35. The Morgan fingerprint density at radius 3 is 2.48 bits per heavy atom. The summed E-state index contributed by atoms with van der Waals surface area (Å²) in [4.78, 5) is 4.07. The highest BCUT2D eigenvalue weighted by molar-refractivity contribution is 7.90. The highest BCUT2D eigenvalue weighted by atomic mass is 32.2. The minimum absolute atomic E-state index is 0.0382. The van der Waals surface area contributed by atoms with E-state index in [1.165, 1.54) is 12.3 Å². The van der Waals surface area contributed by atoms with Crippen LogP contribution < -0.4 is 4.72 Å². The van der Waals surface area contributed by atoms with Crippen LogP contribution in [0, 0.1) is 5.82 Å². The molecule has 2 atom stereocenters. The highest BCUT2D eigenvalue weighted by Crippen LogP contribution is 2.28. The molecule has 0 bridgehead atoms. The monoisotopic (exact) mass is 364 g/mol. The van der Waals surface area contributed by atoms with Gasteiger partial charge >= 0.3 is 0 Å². The van der Waals surface area contributed by atoms with E-state index in [0.717, 1.165) is 11.1 Å². The number of sulfonamides is 1. The van der Waals surface area contributed by atoms with Gasteiger partial charge in [0.05, 0.1) is 36.4 Å². The summed E-state index contributed by atoms with van der Waals surface area (Å²) in [6.45, 7) is 4.13. The lowest BCUT2D eigenvalue weighted by molar-refractivity contribution is 0.189. The molecule has 1 aromatic carbocycles. The first-order valence-electron chi connectivity index (χ1n) is 8.17. The molecule has 1 aromatic heterocycles. The molecule has 0 saturated carbocycles. The topological polar surface area (TPSA) is 68.3 Å². The van der Waals surface area contributed by atoms with E-state index in [-0.39, 0.29) is 17.8 Å². The Balaban J connectivity index is 1.78. The maximum atomic E-state index is 13.0. The lowest BCUT2D eigenvalue weighted by atomic mass is 9.94. The maximum absolute atomic E-state index is 13.0. The average Bonchev–Trinajstić information content (AvgIpc) is 3.03. The van der Waals surface area contributed by atoms with Crippen molar-refractivity contribution in [1.29, 1.82) is 0 Å². The molecular weight excluding hydrogens is 343 g/mol. The molecule has 2 aromatic rings. The normalized spacial score (nSPS) is 21.0. The molecule has 1 aliphatic heterocycles. The van der Waals surface area contributed by atoms with Crippen molar-refractivity contribution in [3.8, 4) is 11.3 Å². The van der Waals surface area contributed by atoms with Gasteiger partial charge in [0.15, 0.2) is 0 Å². The molecule has 134 valence electrons. The summed E-state index contributed by atoms with van der Waals surface area (Å²) < 4.78 is 45.5. The number of ether oxygens (including phenoxy) is 1. The van der Waals surface area contributed by atoms with E-state index in [4.69, 9.17) is 4.74 Å². The van der Waals surface area contributed by atoms with Crippen molar-refractivity contribution in [3.63, 3.8) is 0 Å². The van der Waals surface area contributed by atoms with Gasteiger partial charge in [-0.15, -0.1) is 0 Å². The molecule has 0 aliphatic carbocycles. The predicted octanol–water partition coefficient (Wildman–Crippen LogP) is 2.70. The molecule has 0 radical (unpaired) electrons. The first kappa shape index (κ1) is 18.0. The van der Waals surface area contributed by atoms with E-state index in [1.54, 1.807) is 19.9 Å². The van der Waals surface area contributed by atoms with Crippen LogP contribution >= 0.6 is 0 Å². The van der Waals surface area contributed by atoms with Gasteiger partial charge < -0.3 is 4.74 Å². The third-order valence-corrected chi connectivity index (χ3v) is 6.25. The Kier molecular flexibility index (Phi) is 5.17. The van der Waals surface area contributed by atoms with Crippen LogP contribution in [0.5, 0.6) is 0 Å². The fourth-order valence-electron chi connectivity index (χ4n) is 2.79. The number of aromatic nitrogens is 1. The van der Waals surface area contributed by atoms with E-state index in [9.17, 15) is 12.8 Å². The summed E-state index contributed by atoms with van der Waals surface area (Å²) in [6, 6.07) is 10.4. The third-order valence-electron chi connectivity index (χ3n) is 4.38. The number of rotatable bonds is 5. The Hall–Kier alpha value is -1.83. The average molecular weight is 364 g/mol. The Morgan fingerprint density at radius 2 is 1.88 bits per heavy atom. The summed E-state index contributed by atoms with van der Waals surface area (Å²) in [6.07, 6.45) is 1.19. The van der Waals surface area contributed by atoms with E-state index in [0.29, 0.717) is 18.9 Å². The molecule has 1 fully saturated rings. The third kappa shape index (κ3) is 4.05. The van der Waals surface area contributed by atoms with Gasteiger partial charge in [0.25, 0.3) is 0 Å². The lowest BCUT2D eigenvalue weighted by Gasteiger charge is -2.21. The van der Waals surface area contributed by atoms with Crippen LogP contribution in [0.2, 0.25) is 0 Å². The van der Waals surface area contributed by atoms with Gasteiger partial charge in [0, 0.05) is 11.5 Å². The van der Waals surface area contributed by atoms with Gasteiger partial charge in [0.1, 0.15) is 5.82 Å². The van der Waals surface area contributed by atoms with E-state index < -0.39 is 15.3 Å². The first-order valence-corrected chi connectivity index (χ1v) is 9.72. The number of nitrogens with one attached hydrogen (secondary N) is 1. The van der Waals surface area contributed by atoms with Crippen LogP contribution in [0.1, 0.15) is 25.3 Å². The maximum Gasteiger partial charge on any atom is 0.214 e. The van der Waals surface area contributed by atoms with Gasteiger partial charge in [0.2, 0.25) is 10.0 Å². The molecule has 1 aliphatic rings. The standard InChI is InChI=1S/C18H21FN2O3S/c1-12(2)25(22,23)21-18-11-24-10-16(18)13-3-5-14(6-4-13)17-8-7-15(19)9-20-17/h3-9,12,16,18,21H,10-11H2,1-2H3/t16-,18-/m1/s1. The minimum Gasteiger partial charge on any atom is -0.379 e. The summed E-state index contributed by atoms with van der Waals surface area (Å²) in [5.74, 6) is -0.410. The lowest BCUT2D eigenvalue weighted by Crippen LogP contribution is -2.42. The van der Waals surface area contributed by atoms with Crippen LogP contribution in [-0.4, -0.2) is 37.9 Å². The second-order valence-corrected chi connectivity index (χ2v) is 8.71. The molecule has 3 rings (SSSR count). The van der Waals surface area contributed by atoms with E-state index in [1.807, 2.05) is 24.3 Å². The number of benzene rings is 1. The van der Waals surface area contributed by atoms with Gasteiger partial charge in [-0.3, -0.25) is 4.98 Å². The van der Waals surface area contributed by atoms with Gasteiger partial charge in [-0.05, 0) is 31.5 Å². The van der Waals surface area contributed by atoms with Crippen LogP contribution in [0.25, 0.3) is 11.3 Å². The Labute approximate surface area is 147 Å². The van der Waals surface area contributed by atoms with Crippen molar-refractivity contribution in [3.05, 3.63) is 54.0 Å². The van der Waals surface area contributed by atoms with Crippen LogP contribution in [-0.2, 0) is 14.8 Å². The molecule has 0 unspecified atom stereocenters. The fourth-order valence-corrected chi connectivity index (χ4v) is 3.72. The van der Waals surface area contributed by atoms with Crippen molar-refractivity contribution in [1.82, 2.24) is 9.71 Å². The second kappa shape index (κ2) is 7.19. The Bertz CT molecular complexity index is 820. The molecule has 1 saturated heterocycles. The minimum atomic E-state index is -3.35. The van der Waals surface area contributed by atoms with Crippen LogP contribution in [0.3, 0.4) is 0 Å². The van der Waals surface area contributed by atoms with Gasteiger partial charge in [-0.25, -0.2) is 17.5 Å². The smallest absolute Gasteiger partial charge is 0.214 e. The van der Waals surface area contributed by atoms with E-state index >= 15 is 0 Å². The molecular formula is C18H21FN2O3S. The number of pyridine rings is 1. The van der Waals surface area contributed by atoms with Gasteiger partial charge in [-0.1, -0.05) is 24.3 Å². The highest BCUT2D eigenvalue weighted by Gasteiger charge is 2.33. The molecule has 25 heavy (non-hydrogen) atoms. The zero-order valence-corrected chi connectivity index (χ0v) is 15.0. The number of hydrogen-bond acceptors (Lipinski definition) is 4. The van der Waals surface area contributed by atoms with E-state index in [2.05, 4.69) is 9.71 Å². The number of halogens is 1. The summed E-state index contributed by atoms with van der Waals surface area (Å²) in [5.41, 5.74) is 2.56. The summed E-state index contributed by atoms with van der Waals surface area (Å²) >= 11 is 0. The van der Waals surface area contributed by atoms with Crippen molar-refractivity contribution in [2.45, 2.75) is 31.1 Å². The molecule has 5 nitrogen and oxygen atoms in total. The Morgan fingerprint density at radius 1 is 1.16 bits per heavy atom. The quantitative estimate of drug-likeness (QED) is 0.886. The SMILES string of the molecule is CC(C)S(=O)(=O)N[C@@H]1COC[C@@H]1c1ccc(-c2ccc(F)cn2)cc1. The van der Waals surface area contributed by atoms with Crippen molar-refractivity contribution < 1.29 is 17.5 Å². The molecule has 0 amide bonds. The van der Waals surface area contributed by atoms with Gasteiger partial charge in [-0.2, -0.15) is 0 Å². The predicted molar refractivity (Wildman–Crippen MR) is 94.2 cm³/mol. The van der Waals surface area contributed by atoms with Crippen LogP contribution in [0.4, 0.5) is 4.39 Å². The zero-order chi connectivity index (χ0) is 18.0. The molecule has 0 spiro atoms. The second-order valence-electron chi connectivity index (χ2n) is 6.45. The first-order chi connectivity index (χ1) is 11.9. The number of hydrogen-bond donors (Lipinski definition) is 1. The fraction of sp³-hybridized carbons (Fsp3) is 0.389.